The number of nitriles is 1. The lowest BCUT2D eigenvalue weighted by atomic mass is 10.1. The lowest BCUT2D eigenvalue weighted by molar-refractivity contribution is 0.103. The average molecular weight is 468 g/mol. The van der Waals surface area contributed by atoms with Gasteiger partial charge in [-0.1, -0.05) is 17.7 Å². The molecule has 0 aliphatic heterocycles. The molecule has 0 atom stereocenters. The van der Waals surface area contributed by atoms with Crippen LogP contribution in [0.25, 0.3) is 10.9 Å². The van der Waals surface area contributed by atoms with Crippen LogP contribution in [0.15, 0.2) is 65.2 Å². The van der Waals surface area contributed by atoms with Crippen molar-refractivity contribution >= 4 is 26.7 Å². The third-order valence-electron chi connectivity index (χ3n) is 4.83. The van der Waals surface area contributed by atoms with Gasteiger partial charge in [-0.05, 0) is 43.3 Å². The minimum Gasteiger partial charge on any atom is -0.491 e. The maximum absolute atomic E-state index is 13.6. The second-order valence-corrected chi connectivity index (χ2v) is 9.41. The monoisotopic (exact) mass is 467 g/mol. The summed E-state index contributed by atoms with van der Waals surface area (Å²) in [5.74, 6) is -0.187. The molecule has 0 N–H and O–H groups in total. The van der Waals surface area contributed by atoms with Gasteiger partial charge in [-0.15, -0.1) is 0 Å². The number of allylic oxidation sites excluding steroid dienone is 1. The first-order valence-electron chi connectivity index (χ1n) is 10.1. The van der Waals surface area contributed by atoms with Crippen molar-refractivity contribution in [2.75, 3.05) is 34.4 Å². The van der Waals surface area contributed by atoms with Crippen molar-refractivity contribution < 1.29 is 22.7 Å². The second-order valence-electron chi connectivity index (χ2n) is 7.62. The van der Waals surface area contributed by atoms with E-state index in [1.54, 1.807) is 56.4 Å². The van der Waals surface area contributed by atoms with E-state index in [4.69, 9.17) is 9.47 Å². The van der Waals surface area contributed by atoms with E-state index in [-0.39, 0.29) is 16.2 Å². The van der Waals surface area contributed by atoms with Crippen LogP contribution >= 0.6 is 0 Å². The summed E-state index contributed by atoms with van der Waals surface area (Å²) < 4.78 is 38.9. The Morgan fingerprint density at radius 2 is 1.82 bits per heavy atom. The van der Waals surface area contributed by atoms with Crippen LogP contribution in [-0.4, -0.2) is 57.5 Å². The maximum atomic E-state index is 13.6. The first-order chi connectivity index (χ1) is 15.7. The van der Waals surface area contributed by atoms with Crippen LogP contribution in [0, 0.1) is 18.3 Å². The SMILES string of the molecule is COCCOc1ccc2c(c1)cc(C(=O)/C(C#N)=C/N(C)C)n2S(=O)(=O)c1ccc(C)cc1. The first-order valence-corrected chi connectivity index (χ1v) is 11.6. The molecule has 0 saturated heterocycles. The molecule has 0 bridgehead atoms. The summed E-state index contributed by atoms with van der Waals surface area (Å²) in [4.78, 5) is 14.9. The molecule has 0 unspecified atom stereocenters. The highest BCUT2D eigenvalue weighted by Crippen LogP contribution is 2.30. The van der Waals surface area contributed by atoms with Gasteiger partial charge in [0.25, 0.3) is 10.0 Å². The number of Topliss-reactive ketones (excluding diaryl/α,β-unsaturated/α-hetero) is 1. The fraction of sp³-hybridized carbons (Fsp3) is 0.250. The van der Waals surface area contributed by atoms with Gasteiger partial charge in [0, 0.05) is 32.8 Å². The van der Waals surface area contributed by atoms with Crippen molar-refractivity contribution in [2.24, 2.45) is 0 Å². The highest BCUT2D eigenvalue weighted by atomic mass is 32.2. The van der Waals surface area contributed by atoms with E-state index < -0.39 is 15.8 Å². The van der Waals surface area contributed by atoms with E-state index in [1.807, 2.05) is 13.0 Å². The van der Waals surface area contributed by atoms with Gasteiger partial charge < -0.3 is 14.4 Å². The summed E-state index contributed by atoms with van der Waals surface area (Å²) in [6.07, 6.45) is 1.36. The molecule has 1 heterocycles. The number of hydrogen-bond acceptors (Lipinski definition) is 7. The molecule has 0 fully saturated rings. The number of fused-ring (bicyclic) bond motifs is 1. The maximum Gasteiger partial charge on any atom is 0.268 e. The lowest BCUT2D eigenvalue weighted by Gasteiger charge is -2.12. The number of benzene rings is 2. The molecule has 8 nitrogen and oxygen atoms in total. The predicted octanol–water partition coefficient (Wildman–Crippen LogP) is 3.36. The summed E-state index contributed by atoms with van der Waals surface area (Å²) in [5.41, 5.74) is 0.898. The molecule has 0 aliphatic rings. The molecule has 2 aromatic carbocycles. The third-order valence-corrected chi connectivity index (χ3v) is 6.57. The van der Waals surface area contributed by atoms with E-state index in [1.165, 1.54) is 24.4 Å². The molecule has 3 rings (SSSR count). The zero-order chi connectivity index (χ0) is 24.2. The number of nitrogens with zero attached hydrogens (tertiary/aromatic N) is 3. The predicted molar refractivity (Wildman–Crippen MR) is 125 cm³/mol. The van der Waals surface area contributed by atoms with Crippen molar-refractivity contribution in [2.45, 2.75) is 11.8 Å². The van der Waals surface area contributed by atoms with Gasteiger partial charge in [0.05, 0.1) is 17.0 Å². The van der Waals surface area contributed by atoms with Crippen LogP contribution in [0.1, 0.15) is 16.1 Å². The topological polar surface area (TPSA) is 102 Å². The average Bonchev–Trinajstić information content (AvgIpc) is 3.17. The van der Waals surface area contributed by atoms with E-state index in [0.717, 1.165) is 9.54 Å². The molecule has 0 radical (unpaired) electrons. The smallest absolute Gasteiger partial charge is 0.268 e. The molecule has 3 aromatic rings. The minimum absolute atomic E-state index is 0.0372. The summed E-state index contributed by atoms with van der Waals surface area (Å²) in [5, 5.41) is 10.0. The summed E-state index contributed by atoms with van der Waals surface area (Å²) in [7, 11) is 0.777. The third kappa shape index (κ3) is 5.08. The van der Waals surface area contributed by atoms with Crippen LogP contribution in [0.4, 0.5) is 0 Å². The number of aryl methyl sites for hydroxylation is 1. The van der Waals surface area contributed by atoms with Crippen molar-refractivity contribution in [3.63, 3.8) is 0 Å². The number of hydrogen-bond donors (Lipinski definition) is 0. The summed E-state index contributed by atoms with van der Waals surface area (Å²) in [6.45, 7) is 2.57. The number of aromatic nitrogens is 1. The second kappa shape index (κ2) is 9.90. The van der Waals surface area contributed by atoms with Crippen LogP contribution in [-0.2, 0) is 14.8 Å². The van der Waals surface area contributed by atoms with Gasteiger partial charge in [0.1, 0.15) is 29.7 Å². The van der Waals surface area contributed by atoms with E-state index in [2.05, 4.69) is 0 Å². The van der Waals surface area contributed by atoms with Gasteiger partial charge in [-0.3, -0.25) is 4.79 Å². The molecule has 0 spiro atoms. The Morgan fingerprint density at radius 1 is 1.12 bits per heavy atom. The Labute approximate surface area is 193 Å². The molecule has 0 amide bonds. The number of ether oxygens (including phenoxy) is 2. The van der Waals surface area contributed by atoms with Crippen LogP contribution in [0.3, 0.4) is 0 Å². The largest absolute Gasteiger partial charge is 0.491 e. The Hall–Kier alpha value is -3.61. The van der Waals surface area contributed by atoms with Gasteiger partial charge >= 0.3 is 0 Å². The Balaban J connectivity index is 2.24. The molecular weight excluding hydrogens is 442 g/mol. The standard InChI is InChI=1S/C24H25N3O5S/c1-17-5-8-21(9-6-17)33(29,30)27-22-10-7-20(32-12-11-31-4)13-18(22)14-23(27)24(28)19(15-25)16-26(2)3/h5-10,13-14,16H,11-12H2,1-4H3/b19-16+. The number of carbonyl (C=O) groups is 1. The number of carbonyl (C=O) groups excluding carboxylic acids is 1. The van der Waals surface area contributed by atoms with Crippen molar-refractivity contribution in [3.05, 3.63) is 71.6 Å². The highest BCUT2D eigenvalue weighted by molar-refractivity contribution is 7.90. The van der Waals surface area contributed by atoms with Crippen molar-refractivity contribution in [3.8, 4) is 11.8 Å². The summed E-state index contributed by atoms with van der Waals surface area (Å²) >= 11 is 0. The number of methoxy groups -OCH3 is 1. The Bertz CT molecular complexity index is 1350. The normalized spacial score (nSPS) is 11.9. The quantitative estimate of drug-likeness (QED) is 0.206. The lowest BCUT2D eigenvalue weighted by Crippen LogP contribution is -2.20. The van der Waals surface area contributed by atoms with Crippen LogP contribution in [0.2, 0.25) is 0 Å². The van der Waals surface area contributed by atoms with Crippen molar-refractivity contribution in [1.29, 1.82) is 5.26 Å². The van der Waals surface area contributed by atoms with Gasteiger partial charge in [-0.2, -0.15) is 5.26 Å². The summed E-state index contributed by atoms with van der Waals surface area (Å²) in [6, 6.07) is 14.6. The van der Waals surface area contributed by atoms with Crippen LogP contribution < -0.4 is 4.74 Å². The van der Waals surface area contributed by atoms with Crippen LogP contribution in [0.5, 0.6) is 5.75 Å². The minimum atomic E-state index is -4.13. The highest BCUT2D eigenvalue weighted by Gasteiger charge is 2.28. The molecule has 0 saturated carbocycles. The molecule has 0 aliphatic carbocycles. The van der Waals surface area contributed by atoms with Gasteiger partial charge in [0.15, 0.2) is 0 Å². The molecule has 172 valence electrons. The van der Waals surface area contributed by atoms with Gasteiger partial charge in [-0.25, -0.2) is 12.4 Å². The van der Waals surface area contributed by atoms with E-state index >= 15 is 0 Å². The molecule has 33 heavy (non-hydrogen) atoms. The van der Waals surface area contributed by atoms with Gasteiger partial charge in [0.2, 0.25) is 5.78 Å². The number of ketones is 1. The Morgan fingerprint density at radius 3 is 2.42 bits per heavy atom. The van der Waals surface area contributed by atoms with E-state index in [9.17, 15) is 18.5 Å². The number of rotatable bonds is 9. The van der Waals surface area contributed by atoms with E-state index in [0.29, 0.717) is 29.9 Å². The zero-order valence-electron chi connectivity index (χ0n) is 18.9. The Kier molecular flexibility index (Phi) is 7.21. The van der Waals surface area contributed by atoms with Crippen molar-refractivity contribution in [1.82, 2.24) is 8.87 Å². The molecule has 1 aromatic heterocycles. The fourth-order valence-corrected chi connectivity index (χ4v) is 4.78. The molecular formula is C24H25N3O5S. The zero-order valence-corrected chi connectivity index (χ0v) is 19.7. The fourth-order valence-electron chi connectivity index (χ4n) is 3.27. The first kappa shape index (κ1) is 24.0. The molecule has 9 heteroatoms.